The summed E-state index contributed by atoms with van der Waals surface area (Å²) < 4.78 is 0. The predicted molar refractivity (Wildman–Crippen MR) is 320 cm³/mol. The summed E-state index contributed by atoms with van der Waals surface area (Å²) in [6.45, 7) is 9.28. The van der Waals surface area contributed by atoms with Gasteiger partial charge in [0.15, 0.2) is 0 Å². The van der Waals surface area contributed by atoms with E-state index in [1.807, 2.05) is 30.3 Å². The van der Waals surface area contributed by atoms with E-state index in [0.29, 0.717) is 24.8 Å². The summed E-state index contributed by atoms with van der Waals surface area (Å²) in [6.07, 6.45) is -0.663. The average molecular weight is 1220 g/mol. The number of rotatable bonds is 29. The summed E-state index contributed by atoms with van der Waals surface area (Å²) in [7, 11) is 0. The van der Waals surface area contributed by atoms with Crippen LogP contribution in [0.1, 0.15) is 103 Å². The van der Waals surface area contributed by atoms with Crippen LogP contribution in [0.4, 0.5) is 0 Å². The minimum Gasteiger partial charge on any atom is -0.481 e. The Morgan fingerprint density at radius 3 is 1.59 bits per heavy atom. The number of nitrogens with zero attached hydrogens (tertiary/aromatic N) is 2. The molecule has 476 valence electrons. The van der Waals surface area contributed by atoms with Crippen LogP contribution in [0.3, 0.4) is 0 Å². The number of piperidine rings is 1. The van der Waals surface area contributed by atoms with Gasteiger partial charge in [0.25, 0.3) is 0 Å². The summed E-state index contributed by atoms with van der Waals surface area (Å²) in [6, 6.07) is 12.2. The van der Waals surface area contributed by atoms with E-state index < -0.39 is 168 Å². The molecule has 3 aromatic rings. The number of aliphatic hydroxyl groups is 1. The molecule has 0 aromatic heterocycles. The monoisotopic (exact) mass is 1220 g/mol. The molecule has 88 heavy (non-hydrogen) atoms. The van der Waals surface area contributed by atoms with Gasteiger partial charge in [0, 0.05) is 25.4 Å². The molecule has 14 N–H and O–H groups in total. The number of nitrogens with one attached hydrogen (secondary N) is 8. The smallest absolute Gasteiger partial charge is 0.305 e. The average Bonchev–Trinajstić information content (AvgIpc) is 1.93. The molecule has 11 amide bonds. The van der Waals surface area contributed by atoms with Crippen LogP contribution in [-0.2, 0) is 76.8 Å². The third-order valence-corrected chi connectivity index (χ3v) is 16.1. The van der Waals surface area contributed by atoms with E-state index in [2.05, 4.69) is 42.5 Å². The van der Waals surface area contributed by atoms with E-state index in [4.69, 9.17) is 11.5 Å². The van der Waals surface area contributed by atoms with Gasteiger partial charge in [0.05, 0.1) is 18.6 Å². The Morgan fingerprint density at radius 1 is 0.534 bits per heavy atom. The van der Waals surface area contributed by atoms with Crippen molar-refractivity contribution in [2.24, 2.45) is 23.3 Å². The zero-order chi connectivity index (χ0) is 64.5. The fourth-order valence-electron chi connectivity index (χ4n) is 11.2. The molecule has 13 atom stereocenters. The van der Waals surface area contributed by atoms with Crippen LogP contribution >= 0.6 is 0 Å². The van der Waals surface area contributed by atoms with Gasteiger partial charge < -0.3 is 74.0 Å². The van der Waals surface area contributed by atoms with Crippen molar-refractivity contribution in [3.8, 4) is 0 Å². The van der Waals surface area contributed by atoms with Crippen LogP contribution in [0.2, 0.25) is 0 Å². The summed E-state index contributed by atoms with van der Waals surface area (Å²) in [5.74, 6) is -11.3. The molecule has 26 nitrogen and oxygen atoms in total. The number of hydrogen-bond donors (Lipinski definition) is 12. The Hall–Kier alpha value is -8.78. The Balaban J connectivity index is 1.07. The van der Waals surface area contributed by atoms with Crippen molar-refractivity contribution in [2.75, 3.05) is 6.54 Å². The minimum absolute atomic E-state index is 0.0105. The van der Waals surface area contributed by atoms with Crippen LogP contribution in [0.15, 0.2) is 91.0 Å². The summed E-state index contributed by atoms with van der Waals surface area (Å²) in [5, 5.41) is 41.4. The number of benzene rings is 3. The molecule has 6 rings (SSSR count). The number of aliphatic carboxylic acids is 1. The molecule has 3 aliphatic rings. The molecule has 0 bridgehead atoms. The van der Waals surface area contributed by atoms with Gasteiger partial charge in [0.2, 0.25) is 65.0 Å². The molecule has 3 saturated heterocycles. The van der Waals surface area contributed by atoms with Crippen molar-refractivity contribution in [1.29, 1.82) is 0 Å². The van der Waals surface area contributed by atoms with E-state index in [1.54, 1.807) is 88.4 Å². The van der Waals surface area contributed by atoms with E-state index in [1.165, 1.54) is 23.6 Å². The van der Waals surface area contributed by atoms with E-state index >= 15 is 0 Å². The van der Waals surface area contributed by atoms with Gasteiger partial charge in [-0.1, -0.05) is 119 Å². The molecule has 3 fully saturated rings. The lowest BCUT2D eigenvalue weighted by molar-refractivity contribution is -0.147. The number of carboxylic acid groups (broad SMARTS) is 1. The van der Waals surface area contributed by atoms with Crippen molar-refractivity contribution in [3.05, 3.63) is 108 Å². The van der Waals surface area contributed by atoms with Crippen molar-refractivity contribution < 1.29 is 67.7 Å². The maximum absolute atomic E-state index is 14.4. The maximum atomic E-state index is 14.4. The topological polar surface area (TPSA) is 400 Å². The van der Waals surface area contributed by atoms with Crippen LogP contribution in [-0.4, -0.2) is 176 Å². The van der Waals surface area contributed by atoms with Crippen LogP contribution in [0, 0.1) is 11.8 Å². The number of fused-ring (bicyclic) bond motifs is 1. The van der Waals surface area contributed by atoms with Crippen LogP contribution in [0.5, 0.6) is 0 Å². The lowest BCUT2D eigenvalue weighted by Crippen LogP contribution is -2.63. The molecule has 0 unspecified atom stereocenters. The van der Waals surface area contributed by atoms with Crippen molar-refractivity contribution in [2.45, 2.75) is 184 Å². The maximum Gasteiger partial charge on any atom is 0.305 e. The fourth-order valence-corrected chi connectivity index (χ4v) is 11.2. The number of aliphatic hydroxyl groups excluding tert-OH is 1. The molecule has 3 aliphatic heterocycles. The summed E-state index contributed by atoms with van der Waals surface area (Å²) in [4.78, 5) is 167. The van der Waals surface area contributed by atoms with E-state index in [-0.39, 0.29) is 45.1 Å². The van der Waals surface area contributed by atoms with Gasteiger partial charge in [0.1, 0.15) is 60.4 Å². The molecular weight excluding hydrogens is 1140 g/mol. The quantitative estimate of drug-likeness (QED) is 0.0386. The fraction of sp³-hybridized carbons (Fsp3) is 0.516. The number of primary amides is 1. The number of hydrogen-bond acceptors (Lipinski definition) is 14. The highest BCUT2D eigenvalue weighted by Gasteiger charge is 2.48. The number of carbonyl (C=O) groups is 12. The molecule has 26 heteroatoms. The molecule has 0 spiro atoms. The summed E-state index contributed by atoms with van der Waals surface area (Å²) in [5.41, 5.74) is 14.1. The number of nitrogens with two attached hydrogens (primary N) is 2. The standard InChI is InChI=1S/C62H84N12O14/c1-33(2)49(70-56(82)45(32-48(76)77)69-60(86)51(36(6)75)72-57(83)46-23-16-28-73(46)62(88)50(34(3)4)71-54(80)41(63)29-37-17-10-7-11-18-37)59(85)66-42-26-24-40-25-27-47(74(40)61(42)87)58(84)68-44(31-39-21-14-9-15-22-39)55(81)65-35(5)53(79)67-43(52(64)78)30-38-19-12-8-13-20-38/h7-15,17-22,33-36,40-47,49-51,75H,16,23-32,63H2,1-6H3,(H2,64,78)(H,65,81)(H,66,85)(H,67,79)(H,68,84)(H,69,86)(H,70,82)(H,71,80)(H,72,83)(H,76,77)/t35-,36+,40-,41-,42-,43-,44-,45-,46-,47-,49-,50-,51-/m0/s1. The first-order valence-electron chi connectivity index (χ1n) is 29.9. The zero-order valence-electron chi connectivity index (χ0n) is 50.4. The van der Waals surface area contributed by atoms with Gasteiger partial charge in [-0.3, -0.25) is 57.5 Å². The highest BCUT2D eigenvalue weighted by Crippen LogP contribution is 2.33. The highest BCUT2D eigenvalue weighted by molar-refractivity contribution is 6.00. The molecule has 0 saturated carbocycles. The molecule has 0 aliphatic carbocycles. The van der Waals surface area contributed by atoms with Crippen molar-refractivity contribution in [1.82, 2.24) is 52.3 Å². The second kappa shape index (κ2) is 31.7. The second-order valence-corrected chi connectivity index (χ2v) is 23.6. The van der Waals surface area contributed by atoms with Gasteiger partial charge in [-0.2, -0.15) is 0 Å². The van der Waals surface area contributed by atoms with Crippen molar-refractivity contribution in [3.63, 3.8) is 0 Å². The van der Waals surface area contributed by atoms with Gasteiger partial charge in [-0.15, -0.1) is 0 Å². The molecule has 3 aromatic carbocycles. The first-order valence-corrected chi connectivity index (χ1v) is 29.9. The largest absolute Gasteiger partial charge is 0.481 e. The third kappa shape index (κ3) is 18.6. The predicted octanol–water partition coefficient (Wildman–Crippen LogP) is -1.26. The van der Waals surface area contributed by atoms with Gasteiger partial charge >= 0.3 is 5.97 Å². The Labute approximate surface area is 511 Å². The lowest BCUT2D eigenvalue weighted by atomic mass is 9.96. The normalized spacial score (nSPS) is 20.3. The van der Waals surface area contributed by atoms with E-state index in [0.717, 1.165) is 11.1 Å². The highest BCUT2D eigenvalue weighted by atomic mass is 16.4. The van der Waals surface area contributed by atoms with E-state index in [9.17, 15) is 67.7 Å². The Morgan fingerprint density at radius 2 is 1.05 bits per heavy atom. The number of carboxylic acids is 1. The number of likely N-dealkylation sites (tertiary alicyclic amines) is 1. The van der Waals surface area contributed by atoms with Crippen LogP contribution in [0.25, 0.3) is 0 Å². The first-order chi connectivity index (χ1) is 41.7. The van der Waals surface area contributed by atoms with Crippen LogP contribution < -0.4 is 54.0 Å². The van der Waals surface area contributed by atoms with Crippen molar-refractivity contribution >= 4 is 70.9 Å². The Bertz CT molecular complexity index is 2990. The Kier molecular flexibility index (Phi) is 24.6. The zero-order valence-corrected chi connectivity index (χ0v) is 50.4. The SMILES string of the molecule is CC(C)[C@H](NC(=O)[C@H](CC(=O)O)NC(=O)[C@@H](NC(=O)[C@@H]1CCCN1C(=O)[C@@H](NC(=O)[C@@H](N)Cc1ccccc1)C(C)C)[C@@H](C)O)C(=O)N[C@H]1CC[C@H]2CC[C@@H](C(=O)N[C@@H](Cc3ccccc3)C(=O)N[C@@H](C)C(=O)N[C@@H](Cc3ccccc3)C(N)=O)N2C1=O. The van der Waals surface area contributed by atoms with Gasteiger partial charge in [-0.05, 0) is 87.3 Å². The molecule has 3 heterocycles. The number of carbonyl (C=O) groups excluding carboxylic acids is 11. The second-order valence-electron chi connectivity index (χ2n) is 23.6. The first kappa shape index (κ1) is 68.3. The molecule has 0 radical (unpaired) electrons. The number of amides is 11. The minimum atomic E-state index is -1.88. The van der Waals surface area contributed by atoms with Gasteiger partial charge in [-0.25, -0.2) is 0 Å². The summed E-state index contributed by atoms with van der Waals surface area (Å²) >= 11 is 0. The third-order valence-electron chi connectivity index (χ3n) is 16.1. The lowest BCUT2D eigenvalue weighted by Gasteiger charge is -2.38. The molecular formula is C62H84N12O14.